The topological polar surface area (TPSA) is 20.3 Å². The molecule has 3 unspecified atom stereocenters. The molecule has 0 aliphatic carbocycles. The summed E-state index contributed by atoms with van der Waals surface area (Å²) in [5, 5.41) is 0. The number of carbonyl (C=O) groups excluding carboxylic acids is 1. The first-order chi connectivity index (χ1) is 5.99. The van der Waals surface area contributed by atoms with Crippen LogP contribution in [0.5, 0.6) is 0 Å². The minimum Gasteiger partial charge on any atom is -0.316 e. The van der Waals surface area contributed by atoms with Crippen LogP contribution in [0.2, 0.25) is 0 Å². The average Bonchev–Trinajstić information content (AvgIpc) is 2.29. The van der Waals surface area contributed by atoms with Gasteiger partial charge in [0.05, 0.1) is 5.41 Å². The molecule has 1 amide bonds. The van der Waals surface area contributed by atoms with Gasteiger partial charge in [-0.2, -0.15) is 0 Å². The summed E-state index contributed by atoms with van der Waals surface area (Å²) in [5.41, 5.74) is -0.187. The van der Waals surface area contributed by atoms with E-state index < -0.39 is 0 Å². The second-order valence-electron chi connectivity index (χ2n) is 4.20. The largest absolute Gasteiger partial charge is 0.316 e. The summed E-state index contributed by atoms with van der Waals surface area (Å²) in [7, 11) is 0. The predicted octanol–water partition coefficient (Wildman–Crippen LogP) is 2.41. The molecule has 0 aromatic carbocycles. The van der Waals surface area contributed by atoms with Crippen LogP contribution in [-0.4, -0.2) is 16.8 Å². The number of nitrogens with zero attached hydrogens (tertiary/aromatic N) is 1. The van der Waals surface area contributed by atoms with Gasteiger partial charge in [0, 0.05) is 6.04 Å². The molecule has 1 heterocycles. The quantitative estimate of drug-likeness (QED) is 0.640. The van der Waals surface area contributed by atoms with E-state index in [1.165, 1.54) is 0 Å². The van der Waals surface area contributed by atoms with Crippen molar-refractivity contribution >= 4 is 5.91 Å². The number of hydrogen-bond donors (Lipinski definition) is 0. The monoisotopic (exact) mass is 181 g/mol. The molecular formula is C11H19NO. The number of carbonyl (C=O) groups is 1. The Hall–Kier alpha value is -0.790. The molecular weight excluding hydrogens is 162 g/mol. The SMILES string of the molecule is C=CN1C(=O)C(C)(CC)C(C)C1C. The lowest BCUT2D eigenvalue weighted by atomic mass is 9.76. The first kappa shape index (κ1) is 10.3. The van der Waals surface area contributed by atoms with Gasteiger partial charge in [0.15, 0.2) is 0 Å². The van der Waals surface area contributed by atoms with Crippen LogP contribution in [0.15, 0.2) is 12.8 Å². The lowest BCUT2D eigenvalue weighted by molar-refractivity contribution is -0.134. The van der Waals surface area contributed by atoms with Gasteiger partial charge in [0.25, 0.3) is 0 Å². The highest BCUT2D eigenvalue weighted by Crippen LogP contribution is 2.43. The average molecular weight is 181 g/mol. The molecule has 0 spiro atoms. The highest BCUT2D eigenvalue weighted by Gasteiger charge is 2.50. The van der Waals surface area contributed by atoms with E-state index in [0.717, 1.165) is 6.42 Å². The van der Waals surface area contributed by atoms with Crippen LogP contribution in [0.3, 0.4) is 0 Å². The molecule has 74 valence electrons. The molecule has 1 aliphatic rings. The third kappa shape index (κ3) is 1.19. The molecule has 1 aliphatic heterocycles. The Morgan fingerprint density at radius 2 is 2.15 bits per heavy atom. The lowest BCUT2D eigenvalue weighted by Gasteiger charge is -2.24. The highest BCUT2D eigenvalue weighted by atomic mass is 16.2. The summed E-state index contributed by atoms with van der Waals surface area (Å²) in [6.07, 6.45) is 2.56. The Balaban J connectivity index is 3.04. The molecule has 13 heavy (non-hydrogen) atoms. The Bertz CT molecular complexity index is 236. The molecule has 2 heteroatoms. The van der Waals surface area contributed by atoms with Crippen molar-refractivity contribution in [2.45, 2.75) is 40.2 Å². The fourth-order valence-corrected chi connectivity index (χ4v) is 2.17. The fraction of sp³-hybridized carbons (Fsp3) is 0.727. The van der Waals surface area contributed by atoms with Crippen molar-refractivity contribution in [1.29, 1.82) is 0 Å². The van der Waals surface area contributed by atoms with Gasteiger partial charge in [-0.1, -0.05) is 27.4 Å². The summed E-state index contributed by atoms with van der Waals surface area (Å²) in [5.74, 6) is 0.632. The third-order valence-corrected chi connectivity index (χ3v) is 3.82. The molecule has 2 nitrogen and oxygen atoms in total. The Morgan fingerprint density at radius 1 is 1.62 bits per heavy atom. The Labute approximate surface area is 80.6 Å². The van der Waals surface area contributed by atoms with Gasteiger partial charge in [0.1, 0.15) is 0 Å². The molecule has 0 N–H and O–H groups in total. The van der Waals surface area contributed by atoms with Crippen molar-refractivity contribution in [2.24, 2.45) is 11.3 Å². The van der Waals surface area contributed by atoms with Crippen LogP contribution in [-0.2, 0) is 4.79 Å². The van der Waals surface area contributed by atoms with Crippen molar-refractivity contribution < 1.29 is 4.79 Å². The number of amides is 1. The van der Waals surface area contributed by atoms with E-state index in [1.807, 2.05) is 0 Å². The van der Waals surface area contributed by atoms with Gasteiger partial charge in [-0.25, -0.2) is 0 Å². The molecule has 0 saturated carbocycles. The first-order valence-electron chi connectivity index (χ1n) is 4.94. The van der Waals surface area contributed by atoms with Gasteiger partial charge in [0.2, 0.25) is 5.91 Å². The van der Waals surface area contributed by atoms with Crippen LogP contribution in [0.4, 0.5) is 0 Å². The zero-order valence-corrected chi connectivity index (χ0v) is 9.00. The lowest BCUT2D eigenvalue weighted by Crippen LogP contribution is -2.30. The van der Waals surface area contributed by atoms with Gasteiger partial charge < -0.3 is 4.90 Å². The molecule has 0 aromatic rings. The normalized spacial score (nSPS) is 39.7. The number of hydrogen-bond acceptors (Lipinski definition) is 1. The van der Waals surface area contributed by atoms with Crippen LogP contribution >= 0.6 is 0 Å². The van der Waals surface area contributed by atoms with E-state index in [1.54, 1.807) is 11.1 Å². The standard InChI is InChI=1S/C11H19NO/c1-6-11(5)8(3)9(4)12(7-2)10(11)13/h7-9H,2,6H2,1,3-5H3. The molecule has 0 aromatic heterocycles. The van der Waals surface area contributed by atoms with E-state index in [-0.39, 0.29) is 17.4 Å². The van der Waals surface area contributed by atoms with E-state index in [0.29, 0.717) is 5.92 Å². The zero-order chi connectivity index (χ0) is 10.2. The summed E-state index contributed by atoms with van der Waals surface area (Å²) in [6.45, 7) is 12.1. The highest BCUT2D eigenvalue weighted by molar-refractivity contribution is 5.86. The van der Waals surface area contributed by atoms with Crippen molar-refractivity contribution in [3.05, 3.63) is 12.8 Å². The summed E-state index contributed by atoms with van der Waals surface area (Å²) in [6, 6.07) is 0.287. The van der Waals surface area contributed by atoms with Gasteiger partial charge in [-0.15, -0.1) is 0 Å². The van der Waals surface area contributed by atoms with E-state index in [2.05, 4.69) is 34.3 Å². The van der Waals surface area contributed by atoms with E-state index >= 15 is 0 Å². The molecule has 0 bridgehead atoms. The minimum absolute atomic E-state index is 0.187. The second-order valence-corrected chi connectivity index (χ2v) is 4.20. The van der Waals surface area contributed by atoms with Crippen molar-refractivity contribution in [2.75, 3.05) is 0 Å². The maximum atomic E-state index is 12.0. The molecule has 1 rings (SSSR count). The van der Waals surface area contributed by atoms with Crippen LogP contribution in [0.1, 0.15) is 34.1 Å². The Morgan fingerprint density at radius 3 is 2.38 bits per heavy atom. The Kier molecular flexibility index (Phi) is 2.51. The number of likely N-dealkylation sites (tertiary alicyclic amines) is 1. The third-order valence-electron chi connectivity index (χ3n) is 3.82. The van der Waals surface area contributed by atoms with Crippen LogP contribution < -0.4 is 0 Å². The maximum absolute atomic E-state index is 12.0. The van der Waals surface area contributed by atoms with Crippen LogP contribution in [0.25, 0.3) is 0 Å². The smallest absolute Gasteiger partial charge is 0.233 e. The summed E-state index contributed by atoms with van der Waals surface area (Å²) < 4.78 is 0. The number of rotatable bonds is 2. The van der Waals surface area contributed by atoms with Gasteiger partial charge in [-0.05, 0) is 25.5 Å². The molecule has 0 radical (unpaired) electrons. The van der Waals surface area contributed by atoms with Gasteiger partial charge in [-0.3, -0.25) is 4.79 Å². The molecule has 1 saturated heterocycles. The van der Waals surface area contributed by atoms with Crippen molar-refractivity contribution in [3.63, 3.8) is 0 Å². The minimum atomic E-state index is -0.187. The maximum Gasteiger partial charge on any atom is 0.233 e. The summed E-state index contributed by atoms with van der Waals surface area (Å²) in [4.78, 5) is 13.7. The van der Waals surface area contributed by atoms with Crippen molar-refractivity contribution in [3.8, 4) is 0 Å². The molecule has 1 fully saturated rings. The summed E-state index contributed by atoms with van der Waals surface area (Å²) >= 11 is 0. The van der Waals surface area contributed by atoms with E-state index in [4.69, 9.17) is 0 Å². The molecule has 3 atom stereocenters. The van der Waals surface area contributed by atoms with Crippen molar-refractivity contribution in [1.82, 2.24) is 4.90 Å². The first-order valence-corrected chi connectivity index (χ1v) is 4.94. The second kappa shape index (κ2) is 3.17. The van der Waals surface area contributed by atoms with Crippen LogP contribution in [0, 0.1) is 11.3 Å². The zero-order valence-electron chi connectivity index (χ0n) is 9.00. The predicted molar refractivity (Wildman–Crippen MR) is 54.1 cm³/mol. The van der Waals surface area contributed by atoms with E-state index in [9.17, 15) is 4.79 Å². The van der Waals surface area contributed by atoms with Gasteiger partial charge >= 0.3 is 0 Å². The fourth-order valence-electron chi connectivity index (χ4n) is 2.17.